The van der Waals surface area contributed by atoms with Crippen LogP contribution in [-0.4, -0.2) is 39.6 Å². The van der Waals surface area contributed by atoms with Gasteiger partial charge in [0.2, 0.25) is 0 Å². The van der Waals surface area contributed by atoms with E-state index >= 15 is 0 Å². The lowest BCUT2D eigenvalue weighted by Gasteiger charge is -2.33. The van der Waals surface area contributed by atoms with Crippen LogP contribution in [0.3, 0.4) is 0 Å². The molecule has 120 valence electrons. The highest BCUT2D eigenvalue weighted by atomic mass is 16.6. The predicted octanol–water partition coefficient (Wildman–Crippen LogP) is 3.10. The Balaban J connectivity index is 2.04. The molecule has 2 rings (SSSR count). The summed E-state index contributed by atoms with van der Waals surface area (Å²) in [6.45, 7) is 6.71. The van der Waals surface area contributed by atoms with Gasteiger partial charge < -0.3 is 9.64 Å². The van der Waals surface area contributed by atoms with Gasteiger partial charge in [0.15, 0.2) is 0 Å². The first kappa shape index (κ1) is 16.2. The molecule has 2 heterocycles. The van der Waals surface area contributed by atoms with E-state index in [4.69, 9.17) is 4.74 Å². The summed E-state index contributed by atoms with van der Waals surface area (Å²) in [4.78, 5) is 28.2. The molecule has 1 aliphatic heterocycles. The van der Waals surface area contributed by atoms with Crippen LogP contribution in [0.15, 0.2) is 18.3 Å². The minimum atomic E-state index is -0.518. The molecule has 0 N–H and O–H groups in total. The van der Waals surface area contributed by atoms with E-state index in [9.17, 15) is 14.9 Å². The van der Waals surface area contributed by atoms with Crippen molar-refractivity contribution in [3.05, 3.63) is 34.1 Å². The molecular weight excluding hydrogens is 286 g/mol. The molecule has 1 aromatic rings. The molecule has 7 nitrogen and oxygen atoms in total. The maximum atomic E-state index is 12.1. The van der Waals surface area contributed by atoms with E-state index < -0.39 is 10.5 Å². The third-order valence-electron chi connectivity index (χ3n) is 3.47. The van der Waals surface area contributed by atoms with Crippen LogP contribution in [0.25, 0.3) is 0 Å². The van der Waals surface area contributed by atoms with Crippen LogP contribution in [0.5, 0.6) is 0 Å². The smallest absolute Gasteiger partial charge is 0.410 e. The first-order chi connectivity index (χ1) is 10.3. The van der Waals surface area contributed by atoms with Crippen LogP contribution in [0, 0.1) is 10.1 Å². The molecule has 1 fully saturated rings. The summed E-state index contributed by atoms with van der Waals surface area (Å²) in [5.74, 6) is 0.0853. The van der Waals surface area contributed by atoms with Gasteiger partial charge in [-0.15, -0.1) is 0 Å². The summed E-state index contributed by atoms with van der Waals surface area (Å²) in [5, 5.41) is 10.7. The Morgan fingerprint density at radius 2 is 2.18 bits per heavy atom. The lowest BCUT2D eigenvalue weighted by molar-refractivity contribution is -0.385. The zero-order valence-electron chi connectivity index (χ0n) is 13.1. The SMILES string of the molecule is CC(C)(C)OC(=O)N1CCCC(c2ccc([N+](=O)[O-])cn2)C1. The average Bonchev–Trinajstić information content (AvgIpc) is 2.46. The van der Waals surface area contributed by atoms with Crippen molar-refractivity contribution in [1.82, 2.24) is 9.88 Å². The van der Waals surface area contributed by atoms with E-state index in [-0.39, 0.29) is 17.7 Å². The van der Waals surface area contributed by atoms with Gasteiger partial charge in [0.25, 0.3) is 5.69 Å². The van der Waals surface area contributed by atoms with Crippen molar-refractivity contribution in [3.8, 4) is 0 Å². The van der Waals surface area contributed by atoms with Crippen molar-refractivity contribution in [3.63, 3.8) is 0 Å². The monoisotopic (exact) mass is 307 g/mol. The third kappa shape index (κ3) is 4.16. The molecule has 0 bridgehead atoms. The van der Waals surface area contributed by atoms with Crippen LogP contribution in [0.1, 0.15) is 45.2 Å². The summed E-state index contributed by atoms with van der Waals surface area (Å²) in [6, 6.07) is 3.12. The summed E-state index contributed by atoms with van der Waals surface area (Å²) >= 11 is 0. The van der Waals surface area contributed by atoms with E-state index in [1.807, 2.05) is 20.8 Å². The van der Waals surface area contributed by atoms with Gasteiger partial charge in [-0.3, -0.25) is 15.1 Å². The molecule has 1 aromatic heterocycles. The van der Waals surface area contributed by atoms with Crippen molar-refractivity contribution in [1.29, 1.82) is 0 Å². The zero-order valence-corrected chi connectivity index (χ0v) is 13.1. The first-order valence-corrected chi connectivity index (χ1v) is 7.34. The number of hydrogen-bond acceptors (Lipinski definition) is 5. The maximum Gasteiger partial charge on any atom is 0.410 e. The number of nitrogens with zero attached hydrogens (tertiary/aromatic N) is 3. The van der Waals surface area contributed by atoms with E-state index in [0.29, 0.717) is 13.1 Å². The number of amides is 1. The molecule has 0 spiro atoms. The molecule has 0 aliphatic carbocycles. The average molecular weight is 307 g/mol. The first-order valence-electron chi connectivity index (χ1n) is 7.34. The van der Waals surface area contributed by atoms with E-state index in [1.54, 1.807) is 11.0 Å². The van der Waals surface area contributed by atoms with Crippen LogP contribution >= 0.6 is 0 Å². The standard InChI is InChI=1S/C15H21N3O4/c1-15(2,3)22-14(19)17-8-4-5-11(10-17)13-7-6-12(9-16-13)18(20)21/h6-7,9,11H,4-5,8,10H2,1-3H3. The predicted molar refractivity (Wildman–Crippen MR) is 80.7 cm³/mol. The number of nitro groups is 1. The number of hydrogen-bond donors (Lipinski definition) is 0. The molecule has 22 heavy (non-hydrogen) atoms. The number of piperidine rings is 1. The van der Waals surface area contributed by atoms with E-state index in [0.717, 1.165) is 18.5 Å². The van der Waals surface area contributed by atoms with Gasteiger partial charge in [-0.2, -0.15) is 0 Å². The zero-order chi connectivity index (χ0) is 16.3. The van der Waals surface area contributed by atoms with Gasteiger partial charge >= 0.3 is 6.09 Å². The van der Waals surface area contributed by atoms with Gasteiger partial charge in [0.1, 0.15) is 11.8 Å². The lowest BCUT2D eigenvalue weighted by Crippen LogP contribution is -2.42. The largest absolute Gasteiger partial charge is 0.444 e. The molecular formula is C15H21N3O4. The highest BCUT2D eigenvalue weighted by molar-refractivity contribution is 5.68. The Morgan fingerprint density at radius 1 is 1.45 bits per heavy atom. The van der Waals surface area contributed by atoms with Crippen molar-refractivity contribution in [2.24, 2.45) is 0 Å². The Kier molecular flexibility index (Phi) is 4.63. The van der Waals surface area contributed by atoms with Gasteiger partial charge in [-0.1, -0.05) is 0 Å². The molecule has 1 atom stereocenters. The summed E-state index contributed by atoms with van der Waals surface area (Å²) < 4.78 is 5.39. The number of likely N-dealkylation sites (tertiary alicyclic amines) is 1. The number of aromatic nitrogens is 1. The number of rotatable bonds is 2. The van der Waals surface area contributed by atoms with Crippen LogP contribution < -0.4 is 0 Å². The summed E-state index contributed by atoms with van der Waals surface area (Å²) in [5.41, 5.74) is 0.234. The highest BCUT2D eigenvalue weighted by Crippen LogP contribution is 2.27. The Morgan fingerprint density at radius 3 is 2.73 bits per heavy atom. The van der Waals surface area contributed by atoms with E-state index in [1.165, 1.54) is 12.3 Å². The molecule has 1 unspecified atom stereocenters. The maximum absolute atomic E-state index is 12.1. The fraction of sp³-hybridized carbons (Fsp3) is 0.600. The van der Waals surface area contributed by atoms with Crippen molar-refractivity contribution < 1.29 is 14.5 Å². The molecule has 1 saturated heterocycles. The van der Waals surface area contributed by atoms with Crippen molar-refractivity contribution >= 4 is 11.8 Å². The quantitative estimate of drug-likeness (QED) is 0.619. The van der Waals surface area contributed by atoms with Gasteiger partial charge in [0.05, 0.1) is 4.92 Å². The molecule has 0 aromatic carbocycles. The van der Waals surface area contributed by atoms with Crippen LogP contribution in [-0.2, 0) is 4.74 Å². The van der Waals surface area contributed by atoms with Gasteiger partial charge in [-0.05, 0) is 39.7 Å². The topological polar surface area (TPSA) is 85.6 Å². The van der Waals surface area contributed by atoms with Crippen LogP contribution in [0.4, 0.5) is 10.5 Å². The molecule has 0 radical (unpaired) electrons. The number of carbonyl (C=O) groups excluding carboxylic acids is 1. The van der Waals surface area contributed by atoms with Gasteiger partial charge in [-0.25, -0.2) is 4.79 Å². The van der Waals surface area contributed by atoms with E-state index in [2.05, 4.69) is 4.98 Å². The number of carbonyl (C=O) groups is 1. The minimum absolute atomic E-state index is 0.0245. The Bertz CT molecular complexity index is 551. The molecule has 1 amide bonds. The number of ether oxygens (including phenoxy) is 1. The van der Waals surface area contributed by atoms with Crippen molar-refractivity contribution in [2.75, 3.05) is 13.1 Å². The Hall–Kier alpha value is -2.18. The minimum Gasteiger partial charge on any atom is -0.444 e. The molecule has 1 aliphatic rings. The molecule has 0 saturated carbocycles. The second kappa shape index (κ2) is 6.29. The summed E-state index contributed by atoms with van der Waals surface area (Å²) in [6.07, 6.45) is 2.72. The fourth-order valence-electron chi connectivity index (χ4n) is 2.46. The Labute approximate surface area is 129 Å². The van der Waals surface area contributed by atoms with Crippen molar-refractivity contribution in [2.45, 2.75) is 45.1 Å². The second-order valence-corrected chi connectivity index (χ2v) is 6.46. The number of pyridine rings is 1. The normalized spacial score (nSPS) is 18.9. The second-order valence-electron chi connectivity index (χ2n) is 6.46. The van der Waals surface area contributed by atoms with Crippen LogP contribution in [0.2, 0.25) is 0 Å². The summed E-state index contributed by atoms with van der Waals surface area (Å²) in [7, 11) is 0. The molecule has 7 heteroatoms. The lowest BCUT2D eigenvalue weighted by atomic mass is 9.94. The highest BCUT2D eigenvalue weighted by Gasteiger charge is 2.29. The fourth-order valence-corrected chi connectivity index (χ4v) is 2.46. The van der Waals surface area contributed by atoms with Gasteiger partial charge in [0, 0.05) is 30.8 Å². The third-order valence-corrected chi connectivity index (χ3v) is 3.47.